The quantitative estimate of drug-likeness (QED) is 0.506. The number of fused-ring (bicyclic) bond motifs is 1. The summed E-state index contributed by atoms with van der Waals surface area (Å²) in [6, 6.07) is 13.7. The smallest absolute Gasteiger partial charge is 0.253 e. The Kier molecular flexibility index (Phi) is 4.64. The number of nitrogens with zero attached hydrogens (tertiary/aromatic N) is 3. The number of hydrogen-bond acceptors (Lipinski definition) is 6. The first-order valence-electron chi connectivity index (χ1n) is 9.58. The molecule has 0 amide bonds. The van der Waals surface area contributed by atoms with Crippen LogP contribution in [0.2, 0.25) is 0 Å². The molecule has 3 aromatic heterocycles. The van der Waals surface area contributed by atoms with Crippen molar-refractivity contribution in [1.29, 1.82) is 0 Å². The van der Waals surface area contributed by atoms with Crippen LogP contribution in [0, 0.1) is 0 Å². The molecule has 0 saturated heterocycles. The molecule has 146 valence electrons. The van der Waals surface area contributed by atoms with E-state index in [1.54, 1.807) is 18.4 Å². The Hall–Kier alpha value is -2.64. The highest BCUT2D eigenvalue weighted by molar-refractivity contribution is 8.02. The summed E-state index contributed by atoms with van der Waals surface area (Å²) in [5.41, 5.74) is 10.7. The van der Waals surface area contributed by atoms with E-state index in [9.17, 15) is 4.79 Å². The van der Waals surface area contributed by atoms with Crippen molar-refractivity contribution < 1.29 is 0 Å². The third kappa shape index (κ3) is 3.34. The van der Waals surface area contributed by atoms with Gasteiger partial charge in [0.1, 0.15) is 4.83 Å². The number of aromatic nitrogens is 3. The Morgan fingerprint density at radius 1 is 1.17 bits per heavy atom. The predicted octanol–water partition coefficient (Wildman–Crippen LogP) is 4.95. The van der Waals surface area contributed by atoms with Gasteiger partial charge in [0.05, 0.1) is 27.6 Å². The molecular weight excluding hydrogens is 400 g/mol. The van der Waals surface area contributed by atoms with Crippen molar-refractivity contribution in [3.8, 4) is 22.5 Å². The molecular formula is C22H20N4OS2. The van der Waals surface area contributed by atoms with Crippen molar-refractivity contribution in [2.45, 2.75) is 28.7 Å². The first kappa shape index (κ1) is 18.4. The molecule has 0 atom stereocenters. The lowest BCUT2D eigenvalue weighted by Crippen LogP contribution is -2.15. The van der Waals surface area contributed by atoms with Gasteiger partial charge in [0.25, 0.3) is 5.56 Å². The van der Waals surface area contributed by atoms with Crippen molar-refractivity contribution in [1.82, 2.24) is 14.5 Å². The first-order valence-corrected chi connectivity index (χ1v) is 11.3. The standard InChI is InChI=1S/C22H20N4OS2/c1-26-12-24-16(11-18(26)27)17-10-15(13-6-3-2-4-7-13)19-20(23)22(29-21(19)25-17)28-14-8-5-9-14/h2-4,6-7,10-12,14H,5,8-9,23H2,1H3. The minimum atomic E-state index is -0.106. The van der Waals surface area contributed by atoms with Crippen LogP contribution < -0.4 is 11.3 Å². The maximum atomic E-state index is 12.1. The van der Waals surface area contributed by atoms with Crippen LogP contribution in [0.15, 0.2) is 57.8 Å². The summed E-state index contributed by atoms with van der Waals surface area (Å²) < 4.78 is 2.60. The second kappa shape index (κ2) is 7.31. The zero-order chi connectivity index (χ0) is 20.0. The van der Waals surface area contributed by atoms with Gasteiger partial charge in [-0.15, -0.1) is 23.1 Å². The fourth-order valence-corrected chi connectivity index (χ4v) is 6.20. The number of benzene rings is 1. The van der Waals surface area contributed by atoms with Gasteiger partial charge in [-0.3, -0.25) is 4.79 Å². The van der Waals surface area contributed by atoms with Crippen LogP contribution in [-0.4, -0.2) is 19.8 Å². The van der Waals surface area contributed by atoms with Gasteiger partial charge in [0.2, 0.25) is 0 Å². The molecule has 5 rings (SSSR count). The lowest BCUT2D eigenvalue weighted by Gasteiger charge is -2.23. The van der Waals surface area contributed by atoms with Crippen molar-refractivity contribution in [2.75, 3.05) is 5.73 Å². The van der Waals surface area contributed by atoms with E-state index in [-0.39, 0.29) is 5.56 Å². The van der Waals surface area contributed by atoms with E-state index in [1.165, 1.54) is 36.2 Å². The average Bonchev–Trinajstić information content (AvgIpc) is 3.02. The Labute approximate surface area is 176 Å². The molecule has 29 heavy (non-hydrogen) atoms. The molecule has 1 aliphatic carbocycles. The third-order valence-corrected chi connectivity index (χ3v) is 7.99. The summed E-state index contributed by atoms with van der Waals surface area (Å²) in [4.78, 5) is 22.3. The molecule has 1 aromatic carbocycles. The van der Waals surface area contributed by atoms with Crippen molar-refractivity contribution >= 4 is 39.0 Å². The maximum Gasteiger partial charge on any atom is 0.253 e. The second-order valence-electron chi connectivity index (χ2n) is 7.30. The fraction of sp³-hybridized carbons (Fsp3) is 0.227. The summed E-state index contributed by atoms with van der Waals surface area (Å²) in [6.45, 7) is 0. The van der Waals surface area contributed by atoms with Gasteiger partial charge in [-0.2, -0.15) is 0 Å². The molecule has 7 heteroatoms. The molecule has 0 radical (unpaired) electrons. The number of nitrogens with two attached hydrogens (primary N) is 1. The van der Waals surface area contributed by atoms with Gasteiger partial charge in [-0.25, -0.2) is 9.97 Å². The third-order valence-electron chi connectivity index (χ3n) is 5.32. The number of hydrogen-bond donors (Lipinski definition) is 1. The predicted molar refractivity (Wildman–Crippen MR) is 121 cm³/mol. The van der Waals surface area contributed by atoms with Gasteiger partial charge >= 0.3 is 0 Å². The van der Waals surface area contributed by atoms with Gasteiger partial charge < -0.3 is 10.3 Å². The molecule has 1 saturated carbocycles. The van der Waals surface area contributed by atoms with Gasteiger partial charge in [-0.05, 0) is 30.0 Å². The maximum absolute atomic E-state index is 12.1. The monoisotopic (exact) mass is 420 g/mol. The Bertz CT molecular complexity index is 1260. The summed E-state index contributed by atoms with van der Waals surface area (Å²) in [6.07, 6.45) is 5.33. The van der Waals surface area contributed by atoms with Crippen LogP contribution in [0.4, 0.5) is 5.69 Å². The Morgan fingerprint density at radius 2 is 1.97 bits per heavy atom. The molecule has 1 aliphatic rings. The van der Waals surface area contributed by atoms with Crippen LogP contribution >= 0.6 is 23.1 Å². The van der Waals surface area contributed by atoms with Crippen LogP contribution in [0.25, 0.3) is 32.7 Å². The van der Waals surface area contributed by atoms with Gasteiger partial charge in [-0.1, -0.05) is 36.8 Å². The lowest BCUT2D eigenvalue weighted by molar-refractivity contribution is 0.522. The largest absolute Gasteiger partial charge is 0.397 e. The van der Waals surface area contributed by atoms with Crippen LogP contribution in [-0.2, 0) is 7.05 Å². The van der Waals surface area contributed by atoms with E-state index in [0.717, 1.165) is 31.2 Å². The van der Waals surface area contributed by atoms with Crippen LogP contribution in [0.3, 0.4) is 0 Å². The van der Waals surface area contributed by atoms with Gasteiger partial charge in [0.15, 0.2) is 0 Å². The van der Waals surface area contributed by atoms with Crippen molar-refractivity contribution in [2.24, 2.45) is 7.05 Å². The lowest BCUT2D eigenvalue weighted by atomic mass is 10.00. The molecule has 3 heterocycles. The van der Waals surface area contributed by atoms with Gasteiger partial charge in [0, 0.05) is 23.8 Å². The van der Waals surface area contributed by atoms with E-state index in [2.05, 4.69) is 17.1 Å². The van der Waals surface area contributed by atoms with E-state index in [4.69, 9.17) is 10.7 Å². The number of thioether (sulfide) groups is 1. The van der Waals surface area contributed by atoms with E-state index in [0.29, 0.717) is 16.6 Å². The highest BCUT2D eigenvalue weighted by Gasteiger charge is 2.24. The molecule has 1 fully saturated rings. The normalized spacial score (nSPS) is 14.2. The molecule has 4 aromatic rings. The first-order chi connectivity index (χ1) is 14.1. The van der Waals surface area contributed by atoms with E-state index >= 15 is 0 Å². The number of thiophene rings is 1. The number of pyridine rings is 1. The zero-order valence-electron chi connectivity index (χ0n) is 16.0. The number of rotatable bonds is 4. The molecule has 5 nitrogen and oxygen atoms in total. The Balaban J connectivity index is 1.73. The molecule has 0 bridgehead atoms. The fourth-order valence-electron chi connectivity index (χ4n) is 3.41. The molecule has 0 spiro atoms. The minimum absolute atomic E-state index is 0.106. The number of anilines is 1. The van der Waals surface area contributed by atoms with Crippen molar-refractivity contribution in [3.63, 3.8) is 0 Å². The SMILES string of the molecule is Cn1cnc(-c2cc(-c3ccccc3)c3c(N)c(SC4CCC4)sc3n2)cc1=O. The molecule has 2 N–H and O–H groups in total. The summed E-state index contributed by atoms with van der Waals surface area (Å²) >= 11 is 3.52. The summed E-state index contributed by atoms with van der Waals surface area (Å²) in [5.74, 6) is 0. The average molecular weight is 421 g/mol. The topological polar surface area (TPSA) is 73.8 Å². The highest BCUT2D eigenvalue weighted by atomic mass is 32.2. The summed E-state index contributed by atoms with van der Waals surface area (Å²) in [7, 11) is 1.69. The second-order valence-corrected chi connectivity index (χ2v) is 9.87. The minimum Gasteiger partial charge on any atom is -0.397 e. The zero-order valence-corrected chi connectivity index (χ0v) is 17.6. The molecule has 0 unspecified atom stereocenters. The van der Waals surface area contributed by atoms with Crippen molar-refractivity contribution in [3.05, 3.63) is 59.1 Å². The number of nitrogen functional groups attached to an aromatic ring is 1. The molecule has 0 aliphatic heterocycles. The number of aryl methyl sites for hydroxylation is 1. The van der Waals surface area contributed by atoms with E-state index < -0.39 is 0 Å². The van der Waals surface area contributed by atoms with Crippen LogP contribution in [0.5, 0.6) is 0 Å². The summed E-state index contributed by atoms with van der Waals surface area (Å²) in [5, 5.41) is 1.65. The highest BCUT2D eigenvalue weighted by Crippen LogP contribution is 2.48. The Morgan fingerprint density at radius 3 is 2.66 bits per heavy atom. The van der Waals surface area contributed by atoms with Crippen LogP contribution in [0.1, 0.15) is 19.3 Å². The van der Waals surface area contributed by atoms with E-state index in [1.807, 2.05) is 36.0 Å².